The highest BCUT2D eigenvalue weighted by Crippen LogP contribution is 2.21. The van der Waals surface area contributed by atoms with E-state index in [0.717, 1.165) is 16.7 Å². The Labute approximate surface area is 109 Å². The van der Waals surface area contributed by atoms with Crippen molar-refractivity contribution in [2.75, 3.05) is 5.73 Å². The summed E-state index contributed by atoms with van der Waals surface area (Å²) >= 11 is 5.94. The third kappa shape index (κ3) is 2.17. The minimum Gasteiger partial charge on any atom is -0.440 e. The molecule has 3 rings (SSSR count). The standard InChI is InChI=1S/C14H11ClN2O/c15-10-3-1-2-9(6-10)7-14-17-12-8-11(16)4-5-13(12)18-14/h1-6,8H,7,16H2. The lowest BCUT2D eigenvalue weighted by molar-refractivity contribution is 0.544. The van der Waals surface area contributed by atoms with E-state index in [1.807, 2.05) is 30.3 Å². The van der Waals surface area contributed by atoms with Crippen LogP contribution in [-0.2, 0) is 6.42 Å². The number of fused-ring (bicyclic) bond motifs is 1. The number of aromatic nitrogens is 1. The lowest BCUT2D eigenvalue weighted by Gasteiger charge is -1.97. The Morgan fingerprint density at radius 2 is 2.06 bits per heavy atom. The van der Waals surface area contributed by atoms with E-state index in [1.165, 1.54) is 0 Å². The quantitative estimate of drug-likeness (QED) is 0.714. The van der Waals surface area contributed by atoms with Gasteiger partial charge in [-0.15, -0.1) is 0 Å². The number of halogens is 1. The molecule has 4 heteroatoms. The van der Waals surface area contributed by atoms with Crippen molar-refractivity contribution in [2.24, 2.45) is 0 Å². The van der Waals surface area contributed by atoms with Crippen LogP contribution < -0.4 is 5.73 Å². The molecule has 90 valence electrons. The number of nitrogens with zero attached hydrogens (tertiary/aromatic N) is 1. The van der Waals surface area contributed by atoms with Gasteiger partial charge >= 0.3 is 0 Å². The molecule has 2 aromatic carbocycles. The molecule has 0 spiro atoms. The normalized spacial score (nSPS) is 10.9. The average Bonchev–Trinajstić information content (AvgIpc) is 2.70. The van der Waals surface area contributed by atoms with Crippen LogP contribution in [0.1, 0.15) is 11.5 Å². The van der Waals surface area contributed by atoms with Crippen LogP contribution in [0.2, 0.25) is 5.02 Å². The lowest BCUT2D eigenvalue weighted by atomic mass is 10.1. The first-order valence-electron chi connectivity index (χ1n) is 5.60. The zero-order valence-corrected chi connectivity index (χ0v) is 10.3. The summed E-state index contributed by atoms with van der Waals surface area (Å²) in [6, 6.07) is 13.1. The molecule has 0 unspecified atom stereocenters. The fourth-order valence-corrected chi connectivity index (χ4v) is 2.10. The number of hydrogen-bond acceptors (Lipinski definition) is 3. The summed E-state index contributed by atoms with van der Waals surface area (Å²) in [6.45, 7) is 0. The summed E-state index contributed by atoms with van der Waals surface area (Å²) in [4.78, 5) is 4.41. The molecular weight excluding hydrogens is 248 g/mol. The third-order valence-corrected chi connectivity index (χ3v) is 2.94. The van der Waals surface area contributed by atoms with Crippen LogP contribution >= 0.6 is 11.6 Å². The van der Waals surface area contributed by atoms with E-state index in [0.29, 0.717) is 23.0 Å². The van der Waals surface area contributed by atoms with E-state index in [1.54, 1.807) is 12.1 Å². The first-order chi connectivity index (χ1) is 8.70. The molecule has 2 N–H and O–H groups in total. The molecule has 0 aliphatic carbocycles. The van der Waals surface area contributed by atoms with Crippen molar-refractivity contribution in [2.45, 2.75) is 6.42 Å². The molecule has 0 aliphatic heterocycles. The van der Waals surface area contributed by atoms with Gasteiger partial charge in [0, 0.05) is 17.1 Å². The van der Waals surface area contributed by atoms with E-state index >= 15 is 0 Å². The predicted octanol–water partition coefficient (Wildman–Crippen LogP) is 3.65. The van der Waals surface area contributed by atoms with Crippen molar-refractivity contribution in [1.29, 1.82) is 0 Å². The molecule has 3 aromatic rings. The number of hydrogen-bond donors (Lipinski definition) is 1. The fraction of sp³-hybridized carbons (Fsp3) is 0.0714. The van der Waals surface area contributed by atoms with Gasteiger partial charge in [-0.1, -0.05) is 23.7 Å². The first kappa shape index (κ1) is 11.1. The minimum absolute atomic E-state index is 0.620. The number of anilines is 1. The molecule has 0 saturated carbocycles. The topological polar surface area (TPSA) is 52.0 Å². The molecule has 18 heavy (non-hydrogen) atoms. The Morgan fingerprint density at radius 3 is 2.89 bits per heavy atom. The number of nitrogen functional groups attached to an aromatic ring is 1. The molecule has 1 aromatic heterocycles. The fourth-order valence-electron chi connectivity index (χ4n) is 1.89. The predicted molar refractivity (Wildman–Crippen MR) is 72.7 cm³/mol. The molecule has 0 radical (unpaired) electrons. The monoisotopic (exact) mass is 258 g/mol. The van der Waals surface area contributed by atoms with E-state index in [4.69, 9.17) is 21.8 Å². The van der Waals surface area contributed by atoms with Crippen LogP contribution in [0.3, 0.4) is 0 Å². The van der Waals surface area contributed by atoms with Crippen molar-refractivity contribution in [1.82, 2.24) is 4.98 Å². The van der Waals surface area contributed by atoms with Crippen LogP contribution in [0.15, 0.2) is 46.9 Å². The summed E-state index contributed by atoms with van der Waals surface area (Å²) in [5, 5.41) is 0.716. The maximum atomic E-state index is 5.94. The Hall–Kier alpha value is -2.00. The number of benzene rings is 2. The largest absolute Gasteiger partial charge is 0.440 e. The van der Waals surface area contributed by atoms with Crippen molar-refractivity contribution in [3.63, 3.8) is 0 Å². The van der Waals surface area contributed by atoms with Crippen molar-refractivity contribution < 1.29 is 4.42 Å². The molecule has 3 nitrogen and oxygen atoms in total. The second-order valence-corrected chi connectivity index (χ2v) is 4.58. The molecule has 0 bridgehead atoms. The zero-order chi connectivity index (χ0) is 12.5. The SMILES string of the molecule is Nc1ccc2oc(Cc3cccc(Cl)c3)nc2c1. The summed E-state index contributed by atoms with van der Waals surface area (Å²) in [5.41, 5.74) is 9.00. The summed E-state index contributed by atoms with van der Waals surface area (Å²) < 4.78 is 5.66. The van der Waals surface area contributed by atoms with E-state index in [9.17, 15) is 0 Å². The smallest absolute Gasteiger partial charge is 0.199 e. The van der Waals surface area contributed by atoms with Gasteiger partial charge in [0.15, 0.2) is 11.5 Å². The van der Waals surface area contributed by atoms with Gasteiger partial charge in [0.1, 0.15) is 5.52 Å². The third-order valence-electron chi connectivity index (χ3n) is 2.70. The Bertz CT molecular complexity index is 706. The van der Waals surface area contributed by atoms with Crippen LogP contribution in [-0.4, -0.2) is 4.98 Å². The molecule has 0 atom stereocenters. The summed E-state index contributed by atoms with van der Waals surface area (Å²) in [5.74, 6) is 0.665. The summed E-state index contributed by atoms with van der Waals surface area (Å²) in [6.07, 6.45) is 0.620. The van der Waals surface area contributed by atoms with Crippen molar-refractivity contribution in [3.8, 4) is 0 Å². The molecule has 0 saturated heterocycles. The number of rotatable bonds is 2. The molecular formula is C14H11ClN2O. The molecule has 0 fully saturated rings. The molecule has 0 aliphatic rings. The van der Waals surface area contributed by atoms with E-state index in [2.05, 4.69) is 4.98 Å². The van der Waals surface area contributed by atoms with Gasteiger partial charge in [0.2, 0.25) is 0 Å². The van der Waals surface area contributed by atoms with Gasteiger partial charge in [-0.05, 0) is 35.9 Å². The van der Waals surface area contributed by atoms with Crippen LogP contribution in [0.4, 0.5) is 5.69 Å². The van der Waals surface area contributed by atoms with Crippen LogP contribution in [0.25, 0.3) is 11.1 Å². The molecule has 1 heterocycles. The van der Waals surface area contributed by atoms with Gasteiger partial charge in [-0.25, -0.2) is 4.98 Å². The minimum atomic E-state index is 0.620. The number of nitrogens with two attached hydrogens (primary N) is 1. The maximum Gasteiger partial charge on any atom is 0.199 e. The van der Waals surface area contributed by atoms with E-state index in [-0.39, 0.29) is 0 Å². The Balaban J connectivity index is 1.95. The van der Waals surface area contributed by atoms with E-state index < -0.39 is 0 Å². The second-order valence-electron chi connectivity index (χ2n) is 4.14. The summed E-state index contributed by atoms with van der Waals surface area (Å²) in [7, 11) is 0. The Morgan fingerprint density at radius 1 is 1.17 bits per heavy atom. The zero-order valence-electron chi connectivity index (χ0n) is 9.56. The van der Waals surface area contributed by atoms with Gasteiger partial charge in [-0.2, -0.15) is 0 Å². The highest BCUT2D eigenvalue weighted by Gasteiger charge is 2.07. The van der Waals surface area contributed by atoms with Crippen molar-refractivity contribution >= 4 is 28.4 Å². The van der Waals surface area contributed by atoms with Crippen LogP contribution in [0.5, 0.6) is 0 Å². The first-order valence-corrected chi connectivity index (χ1v) is 5.98. The molecule has 0 amide bonds. The Kier molecular flexibility index (Phi) is 2.68. The maximum absolute atomic E-state index is 5.94. The highest BCUT2D eigenvalue weighted by atomic mass is 35.5. The van der Waals surface area contributed by atoms with Crippen LogP contribution in [0, 0.1) is 0 Å². The average molecular weight is 259 g/mol. The number of oxazole rings is 1. The van der Waals surface area contributed by atoms with Gasteiger partial charge in [0.05, 0.1) is 0 Å². The van der Waals surface area contributed by atoms with Gasteiger partial charge < -0.3 is 10.2 Å². The van der Waals surface area contributed by atoms with Crippen molar-refractivity contribution in [3.05, 3.63) is 58.9 Å². The second kappa shape index (κ2) is 4.35. The van der Waals surface area contributed by atoms with Gasteiger partial charge in [-0.3, -0.25) is 0 Å². The lowest BCUT2D eigenvalue weighted by Crippen LogP contribution is -1.87. The highest BCUT2D eigenvalue weighted by molar-refractivity contribution is 6.30. The van der Waals surface area contributed by atoms with Gasteiger partial charge in [0.25, 0.3) is 0 Å².